The van der Waals surface area contributed by atoms with Crippen LogP contribution in [-0.4, -0.2) is 81.0 Å². The Morgan fingerprint density at radius 2 is 1.77 bits per heavy atom. The Kier molecular flexibility index (Phi) is 6.92. The molecule has 7 rings (SSSR count). The van der Waals surface area contributed by atoms with E-state index in [1.807, 2.05) is 35.2 Å². The molecule has 1 N–H and O–H groups in total. The lowest BCUT2D eigenvalue weighted by Crippen LogP contribution is -2.50. The Hall–Kier alpha value is -3.62. The zero-order valence-electron chi connectivity index (χ0n) is 22.6. The van der Waals surface area contributed by atoms with Gasteiger partial charge in [0.2, 0.25) is 0 Å². The van der Waals surface area contributed by atoms with Gasteiger partial charge in [0.15, 0.2) is 9.84 Å². The summed E-state index contributed by atoms with van der Waals surface area (Å²) in [7, 11) is -1.41. The first kappa shape index (κ1) is 26.6. The van der Waals surface area contributed by atoms with Crippen LogP contribution in [0.1, 0.15) is 24.8 Å². The Balaban J connectivity index is 1.35. The number of halogens is 1. The number of hydrogen-bond donors (Lipinski definition) is 1. The van der Waals surface area contributed by atoms with Crippen LogP contribution in [0.15, 0.2) is 42.5 Å². The third kappa shape index (κ3) is 5.13. The lowest BCUT2D eigenvalue weighted by atomic mass is 9.72. The highest BCUT2D eigenvalue weighted by molar-refractivity contribution is 7.91. The van der Waals surface area contributed by atoms with E-state index in [1.54, 1.807) is 17.9 Å². The van der Waals surface area contributed by atoms with E-state index in [1.165, 1.54) is 31.4 Å². The number of anilines is 2. The van der Waals surface area contributed by atoms with Gasteiger partial charge in [0, 0.05) is 43.0 Å². The number of sulfone groups is 1. The normalized spacial score (nSPS) is 23.5. The van der Waals surface area contributed by atoms with Crippen LogP contribution in [0.4, 0.5) is 15.9 Å². The lowest BCUT2D eigenvalue weighted by Gasteiger charge is -2.48. The fourth-order valence-corrected chi connectivity index (χ4v) is 7.27. The van der Waals surface area contributed by atoms with Crippen LogP contribution in [0.2, 0.25) is 0 Å². The molecule has 9 nitrogen and oxygen atoms in total. The number of benzene rings is 2. The topological polar surface area (TPSA) is 103 Å². The van der Waals surface area contributed by atoms with Crippen molar-refractivity contribution in [2.45, 2.75) is 19.3 Å². The molecule has 0 amide bonds. The van der Waals surface area contributed by atoms with Crippen molar-refractivity contribution < 1.29 is 17.5 Å². The maximum Gasteiger partial charge on any atom is 0.153 e. The van der Waals surface area contributed by atoms with Gasteiger partial charge in [-0.3, -0.25) is 0 Å². The minimum Gasteiger partial charge on any atom is -0.494 e. The van der Waals surface area contributed by atoms with Crippen LogP contribution in [-0.2, 0) is 9.84 Å². The number of methoxy groups -OCH3 is 1. The van der Waals surface area contributed by atoms with Crippen molar-refractivity contribution in [1.29, 1.82) is 5.26 Å². The second kappa shape index (κ2) is 10.4. The van der Waals surface area contributed by atoms with Crippen LogP contribution >= 0.6 is 0 Å². The minimum atomic E-state index is -3.00. The van der Waals surface area contributed by atoms with Crippen LogP contribution in [0.25, 0.3) is 16.9 Å². The molecule has 11 heteroatoms. The van der Waals surface area contributed by atoms with E-state index < -0.39 is 15.7 Å². The van der Waals surface area contributed by atoms with Gasteiger partial charge in [0.05, 0.1) is 29.9 Å². The Labute approximate surface area is 234 Å². The van der Waals surface area contributed by atoms with Crippen LogP contribution in [0, 0.1) is 22.6 Å². The molecule has 4 saturated heterocycles. The first-order valence-electron chi connectivity index (χ1n) is 13.7. The van der Waals surface area contributed by atoms with Gasteiger partial charge in [-0.1, -0.05) is 6.07 Å². The van der Waals surface area contributed by atoms with E-state index in [-0.39, 0.29) is 22.5 Å². The molecule has 0 aliphatic carbocycles. The highest BCUT2D eigenvalue weighted by atomic mass is 32.2. The molecule has 0 radical (unpaired) electrons. The molecule has 0 unspecified atom stereocenters. The molecule has 4 fully saturated rings. The van der Waals surface area contributed by atoms with E-state index in [9.17, 15) is 18.1 Å². The number of aromatic nitrogens is 2. The van der Waals surface area contributed by atoms with E-state index in [4.69, 9.17) is 9.84 Å². The number of hydrogen-bond acceptors (Lipinski definition) is 8. The zero-order valence-corrected chi connectivity index (χ0v) is 23.4. The third-order valence-corrected chi connectivity index (χ3v) is 10.3. The van der Waals surface area contributed by atoms with Crippen molar-refractivity contribution in [3.05, 3.63) is 53.8 Å². The number of rotatable bonds is 7. The smallest absolute Gasteiger partial charge is 0.153 e. The molecular formula is C29H33FN6O3S. The van der Waals surface area contributed by atoms with Crippen molar-refractivity contribution >= 4 is 21.3 Å². The molecule has 2 aromatic carbocycles. The second-order valence-corrected chi connectivity index (χ2v) is 13.4. The van der Waals surface area contributed by atoms with Crippen molar-refractivity contribution in [2.24, 2.45) is 5.41 Å². The van der Waals surface area contributed by atoms with Crippen molar-refractivity contribution in [3.8, 4) is 28.8 Å². The number of nitrogens with one attached hydrogen (secondary N) is 1. The Morgan fingerprint density at radius 3 is 2.42 bits per heavy atom. The summed E-state index contributed by atoms with van der Waals surface area (Å²) in [6.07, 6.45) is 3.50. The largest absolute Gasteiger partial charge is 0.494 e. The van der Waals surface area contributed by atoms with E-state index in [0.717, 1.165) is 31.9 Å². The molecule has 4 aliphatic rings. The second-order valence-electron chi connectivity index (χ2n) is 11.1. The van der Waals surface area contributed by atoms with Gasteiger partial charge < -0.3 is 19.9 Å². The number of nitriles is 1. The molecule has 5 heterocycles. The minimum absolute atomic E-state index is 0.0126. The summed E-state index contributed by atoms with van der Waals surface area (Å²) in [5.41, 5.74) is 3.05. The molecular weight excluding hydrogens is 531 g/mol. The molecule has 0 atom stereocenters. The van der Waals surface area contributed by atoms with Crippen LogP contribution < -0.4 is 15.0 Å². The summed E-state index contributed by atoms with van der Waals surface area (Å²) in [6.45, 7) is 5.09. The highest BCUT2D eigenvalue weighted by Gasteiger charge is 2.39. The molecule has 0 saturated carbocycles. The average molecular weight is 565 g/mol. The highest BCUT2D eigenvalue weighted by Crippen LogP contribution is 2.40. The molecule has 40 heavy (non-hydrogen) atoms. The molecule has 210 valence electrons. The first-order chi connectivity index (χ1) is 19.3. The Bertz CT molecular complexity index is 1540. The number of ether oxygens (including phenoxy) is 1. The molecule has 1 aromatic heterocycles. The number of fused-ring (bicyclic) bond motifs is 3. The fraction of sp³-hybridized carbons (Fsp3) is 0.448. The fourth-order valence-electron chi connectivity index (χ4n) is 6.07. The summed E-state index contributed by atoms with van der Waals surface area (Å²) in [6, 6.07) is 14.1. The summed E-state index contributed by atoms with van der Waals surface area (Å²) in [4.78, 5) is 4.56. The zero-order chi connectivity index (χ0) is 27.9. The summed E-state index contributed by atoms with van der Waals surface area (Å²) in [5, 5.41) is 17.7. The number of piperidine rings is 3. The monoisotopic (exact) mass is 564 g/mol. The maximum absolute atomic E-state index is 14.7. The maximum atomic E-state index is 14.7. The van der Waals surface area contributed by atoms with Crippen molar-refractivity contribution in [1.82, 2.24) is 14.7 Å². The van der Waals surface area contributed by atoms with Crippen molar-refractivity contribution in [2.75, 3.05) is 68.1 Å². The van der Waals surface area contributed by atoms with Gasteiger partial charge >= 0.3 is 0 Å². The Morgan fingerprint density at radius 1 is 1.05 bits per heavy atom. The SMILES string of the molecule is COc1cc(N2CCS(=O)(=O)CC2)ccc1-n1nc(NCC23CCN(CC2)CC3)cc1-c1ccc(C#N)c(F)c1. The average Bonchev–Trinajstić information content (AvgIpc) is 3.41. The molecule has 0 spiro atoms. The molecule has 4 aliphatic heterocycles. The van der Waals surface area contributed by atoms with Gasteiger partial charge in [-0.25, -0.2) is 17.5 Å². The van der Waals surface area contributed by atoms with E-state index in [2.05, 4.69) is 10.2 Å². The summed E-state index contributed by atoms with van der Waals surface area (Å²) >= 11 is 0. The molecule has 2 bridgehead atoms. The van der Waals surface area contributed by atoms with Gasteiger partial charge in [-0.15, -0.1) is 5.10 Å². The van der Waals surface area contributed by atoms with E-state index in [0.29, 0.717) is 41.6 Å². The van der Waals surface area contributed by atoms with Crippen LogP contribution in [0.3, 0.4) is 0 Å². The summed E-state index contributed by atoms with van der Waals surface area (Å²) < 4.78 is 46.0. The molecule has 3 aromatic rings. The van der Waals surface area contributed by atoms with Gasteiger partial charge in [-0.2, -0.15) is 5.26 Å². The first-order valence-corrected chi connectivity index (χ1v) is 15.5. The van der Waals surface area contributed by atoms with Crippen molar-refractivity contribution in [3.63, 3.8) is 0 Å². The van der Waals surface area contributed by atoms with Gasteiger partial charge in [-0.05, 0) is 68.6 Å². The van der Waals surface area contributed by atoms with E-state index >= 15 is 0 Å². The third-order valence-electron chi connectivity index (χ3n) is 8.72. The summed E-state index contributed by atoms with van der Waals surface area (Å²) in [5.74, 6) is 0.916. The predicted octanol–water partition coefficient (Wildman–Crippen LogP) is 3.69. The lowest BCUT2D eigenvalue weighted by molar-refractivity contribution is 0.0360. The quantitative estimate of drug-likeness (QED) is 0.464. The van der Waals surface area contributed by atoms with Crippen LogP contribution in [0.5, 0.6) is 5.75 Å². The number of nitrogens with zero attached hydrogens (tertiary/aromatic N) is 5. The standard InChI is InChI=1S/C29H33FN6O3S/c1-39-27-17-23(35-12-14-40(37,38)15-13-35)4-5-25(27)36-26(21-2-3-22(19-31)24(30)16-21)18-28(33-36)32-20-29-6-9-34(10-7-29)11-8-29/h2-5,16-18H,6-15,20H2,1H3,(H,32,33). The predicted molar refractivity (Wildman–Crippen MR) is 152 cm³/mol. The van der Waals surface area contributed by atoms with Gasteiger partial charge in [0.1, 0.15) is 29.1 Å². The van der Waals surface area contributed by atoms with Gasteiger partial charge in [0.25, 0.3) is 0 Å².